The van der Waals surface area contributed by atoms with E-state index >= 15 is 0 Å². The van der Waals surface area contributed by atoms with Crippen LogP contribution in [0.2, 0.25) is 0 Å². The van der Waals surface area contributed by atoms with E-state index in [4.69, 9.17) is 26.7 Å². The Bertz CT molecular complexity index is 1740. The first-order chi connectivity index (χ1) is 20.3. The molecule has 42 heavy (non-hydrogen) atoms. The van der Waals surface area contributed by atoms with Crippen LogP contribution in [-0.2, 0) is 11.2 Å². The monoisotopic (exact) mass is 602 g/mol. The number of hydrogen-bond donors (Lipinski definition) is 2. The predicted octanol–water partition coefficient (Wildman–Crippen LogP) is 4.61. The quantitative estimate of drug-likeness (QED) is 0.199. The molecule has 2 aromatic heterocycles. The second-order valence-electron chi connectivity index (χ2n) is 9.64. The Morgan fingerprint density at radius 2 is 1.83 bits per heavy atom. The number of aliphatic hydroxyl groups is 1. The molecular weight excluding hydrogens is 572 g/mol. The molecule has 216 valence electrons. The number of aliphatic hydroxyl groups excluding tert-OH is 1. The number of thioether (sulfide) groups is 1. The van der Waals surface area contributed by atoms with Gasteiger partial charge in [-0.1, -0.05) is 66.4 Å². The molecule has 1 saturated heterocycles. The van der Waals surface area contributed by atoms with Gasteiger partial charge >= 0.3 is 0 Å². The fourth-order valence-electron chi connectivity index (χ4n) is 4.66. The van der Waals surface area contributed by atoms with Gasteiger partial charge in [0.1, 0.15) is 15.8 Å². The van der Waals surface area contributed by atoms with Crippen LogP contribution in [0.4, 0.5) is 5.82 Å². The van der Waals surface area contributed by atoms with Gasteiger partial charge in [-0.3, -0.25) is 18.9 Å². The predicted molar refractivity (Wildman–Crippen MR) is 169 cm³/mol. The molecule has 1 atom stereocenters. The number of ether oxygens (including phenoxy) is 2. The molecule has 2 aromatic carbocycles. The van der Waals surface area contributed by atoms with Crippen molar-refractivity contribution in [2.45, 2.75) is 19.4 Å². The lowest BCUT2D eigenvalue weighted by Crippen LogP contribution is -2.30. The number of pyridine rings is 1. The molecule has 1 unspecified atom stereocenters. The number of hydrogen-bond acceptors (Lipinski definition) is 9. The number of aryl methyl sites for hydroxylation is 1. The van der Waals surface area contributed by atoms with E-state index in [0.717, 1.165) is 28.5 Å². The van der Waals surface area contributed by atoms with Crippen LogP contribution in [-0.4, -0.2) is 56.9 Å². The number of aromatic nitrogens is 2. The van der Waals surface area contributed by atoms with Crippen LogP contribution in [0.15, 0.2) is 76.6 Å². The topological polar surface area (TPSA) is 105 Å². The van der Waals surface area contributed by atoms with Crippen LogP contribution in [0, 0.1) is 6.92 Å². The van der Waals surface area contributed by atoms with Gasteiger partial charge in [0.25, 0.3) is 11.5 Å². The fourth-order valence-corrected chi connectivity index (χ4v) is 5.95. The smallest absolute Gasteiger partial charge is 0.267 e. The van der Waals surface area contributed by atoms with E-state index in [1.165, 1.54) is 15.4 Å². The van der Waals surface area contributed by atoms with Crippen LogP contribution < -0.4 is 20.3 Å². The summed E-state index contributed by atoms with van der Waals surface area (Å²) >= 11 is 6.69. The maximum atomic E-state index is 13.7. The maximum absolute atomic E-state index is 13.7. The van der Waals surface area contributed by atoms with E-state index in [0.29, 0.717) is 39.3 Å². The average molecular weight is 603 g/mol. The molecular formula is C31H30N4O5S2. The Balaban J connectivity index is 1.43. The molecule has 3 heterocycles. The van der Waals surface area contributed by atoms with Crippen LogP contribution in [0.5, 0.6) is 11.5 Å². The summed E-state index contributed by atoms with van der Waals surface area (Å²) in [6, 6.07) is 18.5. The average Bonchev–Trinajstić information content (AvgIpc) is 3.28. The summed E-state index contributed by atoms with van der Waals surface area (Å²) in [7, 11) is 3.15. The Morgan fingerprint density at radius 1 is 1.07 bits per heavy atom. The number of benzene rings is 2. The minimum Gasteiger partial charge on any atom is -0.493 e. The zero-order chi connectivity index (χ0) is 29.8. The van der Waals surface area contributed by atoms with Gasteiger partial charge < -0.3 is 19.9 Å². The molecule has 0 aliphatic carbocycles. The summed E-state index contributed by atoms with van der Waals surface area (Å²) in [5.74, 6) is 1.23. The molecule has 0 saturated carbocycles. The van der Waals surface area contributed by atoms with Crippen molar-refractivity contribution in [3.8, 4) is 11.5 Å². The lowest BCUT2D eigenvalue weighted by Gasteiger charge is -2.16. The van der Waals surface area contributed by atoms with Crippen molar-refractivity contribution in [3.05, 3.63) is 104 Å². The van der Waals surface area contributed by atoms with Gasteiger partial charge in [0, 0.05) is 19.3 Å². The van der Waals surface area contributed by atoms with Gasteiger partial charge in [-0.25, -0.2) is 4.98 Å². The van der Waals surface area contributed by atoms with Gasteiger partial charge in [0.05, 0.1) is 30.8 Å². The maximum Gasteiger partial charge on any atom is 0.267 e. The second kappa shape index (κ2) is 12.8. The molecule has 0 radical (unpaired) electrons. The van der Waals surface area contributed by atoms with Crippen molar-refractivity contribution in [2.75, 3.05) is 32.6 Å². The Kier molecular flexibility index (Phi) is 8.91. The van der Waals surface area contributed by atoms with Crippen LogP contribution in [0.1, 0.15) is 28.4 Å². The van der Waals surface area contributed by atoms with E-state index in [9.17, 15) is 14.7 Å². The second-order valence-corrected chi connectivity index (χ2v) is 11.3. The number of nitrogens with one attached hydrogen (secondary N) is 1. The zero-order valence-electron chi connectivity index (χ0n) is 23.4. The highest BCUT2D eigenvalue weighted by Crippen LogP contribution is 2.34. The molecule has 0 bridgehead atoms. The highest BCUT2D eigenvalue weighted by molar-refractivity contribution is 8.26. The molecule has 11 heteroatoms. The fraction of sp³-hybridized carbons (Fsp3) is 0.226. The lowest BCUT2D eigenvalue weighted by molar-refractivity contribution is -0.122. The molecule has 4 aromatic rings. The number of rotatable bonds is 10. The van der Waals surface area contributed by atoms with Crippen molar-refractivity contribution in [1.82, 2.24) is 14.3 Å². The number of carbonyl (C=O) groups is 1. The van der Waals surface area contributed by atoms with Gasteiger partial charge in [0.15, 0.2) is 11.5 Å². The van der Waals surface area contributed by atoms with Crippen LogP contribution >= 0.6 is 24.0 Å². The van der Waals surface area contributed by atoms with Crippen molar-refractivity contribution in [2.24, 2.45) is 0 Å². The van der Waals surface area contributed by atoms with Crippen molar-refractivity contribution >= 4 is 51.7 Å². The highest BCUT2D eigenvalue weighted by atomic mass is 32.2. The van der Waals surface area contributed by atoms with Gasteiger partial charge in [-0.15, -0.1) is 0 Å². The summed E-state index contributed by atoms with van der Waals surface area (Å²) in [4.78, 5) is 33.7. The normalized spacial score (nSPS) is 15.0. The molecule has 1 aliphatic rings. The number of nitrogens with zero attached hydrogens (tertiary/aromatic N) is 3. The Morgan fingerprint density at radius 3 is 2.57 bits per heavy atom. The van der Waals surface area contributed by atoms with Gasteiger partial charge in [-0.2, -0.15) is 0 Å². The number of methoxy groups -OCH3 is 2. The van der Waals surface area contributed by atoms with Crippen molar-refractivity contribution in [1.29, 1.82) is 0 Å². The first kappa shape index (κ1) is 29.3. The third-order valence-corrected chi connectivity index (χ3v) is 8.33. The third kappa shape index (κ3) is 6.03. The van der Waals surface area contributed by atoms with E-state index in [-0.39, 0.29) is 29.4 Å². The SMILES string of the molecule is COc1ccc(CCN2C(=O)C(=Cc3c(NCC(O)c4ccccc4)nc4c(C)cccn4c3=O)SC2=S)cc1OC. The third-order valence-electron chi connectivity index (χ3n) is 6.95. The summed E-state index contributed by atoms with van der Waals surface area (Å²) in [5, 5.41) is 13.9. The molecule has 1 fully saturated rings. The van der Waals surface area contributed by atoms with E-state index < -0.39 is 6.10 Å². The summed E-state index contributed by atoms with van der Waals surface area (Å²) < 4.78 is 12.6. The Labute approximate surface area is 252 Å². The minimum absolute atomic E-state index is 0.117. The summed E-state index contributed by atoms with van der Waals surface area (Å²) in [5.41, 5.74) is 2.86. The first-order valence-electron chi connectivity index (χ1n) is 13.3. The number of fused-ring (bicyclic) bond motifs is 1. The van der Waals surface area contributed by atoms with Gasteiger partial charge in [-0.05, 0) is 54.3 Å². The van der Waals surface area contributed by atoms with Gasteiger partial charge in [0.2, 0.25) is 0 Å². The van der Waals surface area contributed by atoms with Crippen molar-refractivity contribution < 1.29 is 19.4 Å². The summed E-state index contributed by atoms with van der Waals surface area (Å²) in [6.07, 6.45) is 2.90. The van der Waals surface area contributed by atoms with E-state index in [1.54, 1.807) is 26.5 Å². The van der Waals surface area contributed by atoms with Crippen LogP contribution in [0.25, 0.3) is 11.7 Å². The van der Waals surface area contributed by atoms with Crippen molar-refractivity contribution in [3.63, 3.8) is 0 Å². The highest BCUT2D eigenvalue weighted by Gasteiger charge is 2.32. The number of anilines is 1. The zero-order valence-corrected chi connectivity index (χ0v) is 25.0. The molecule has 1 amide bonds. The standard InChI is InChI=1S/C31H30N4O5S2/c1-19-8-7-14-34-28(19)33-27(32-18-23(36)21-9-5-4-6-10-21)22(29(34)37)17-26-30(38)35(31(41)42-26)15-13-20-11-12-24(39-2)25(16-20)40-3/h4-12,14,16-17,23,32,36H,13,15,18H2,1-3H3. The number of amides is 1. The molecule has 0 spiro atoms. The molecule has 9 nitrogen and oxygen atoms in total. The minimum atomic E-state index is -0.828. The molecule has 2 N–H and O–H groups in total. The molecule has 5 rings (SSSR count). The Hall–Kier alpha value is -4.19. The van der Waals surface area contributed by atoms with E-state index in [1.807, 2.05) is 61.5 Å². The summed E-state index contributed by atoms with van der Waals surface area (Å²) in [6.45, 7) is 2.35. The number of carbonyl (C=O) groups excluding carboxylic acids is 1. The van der Waals surface area contributed by atoms with E-state index in [2.05, 4.69) is 5.32 Å². The lowest BCUT2D eigenvalue weighted by atomic mass is 10.1. The van der Waals surface area contributed by atoms with Crippen LogP contribution in [0.3, 0.4) is 0 Å². The number of thiocarbonyl (C=S) groups is 1. The molecule has 1 aliphatic heterocycles. The largest absolute Gasteiger partial charge is 0.493 e. The first-order valence-corrected chi connectivity index (χ1v) is 14.5.